The van der Waals surface area contributed by atoms with Crippen LogP contribution in [0, 0.1) is 5.82 Å². The largest absolute Gasteiger partial charge is 0.337 e. The van der Waals surface area contributed by atoms with E-state index in [4.69, 9.17) is 0 Å². The Morgan fingerprint density at radius 2 is 1.72 bits per heavy atom. The zero-order valence-electron chi connectivity index (χ0n) is 15.0. The van der Waals surface area contributed by atoms with Gasteiger partial charge in [0.05, 0.1) is 5.25 Å². The molecule has 136 valence electrons. The third-order valence-electron chi connectivity index (χ3n) is 3.49. The van der Waals surface area contributed by atoms with E-state index < -0.39 is 0 Å². The third-order valence-corrected chi connectivity index (χ3v) is 5.50. The third kappa shape index (κ3) is 5.40. The Bertz CT molecular complexity index is 695. The van der Waals surface area contributed by atoms with E-state index in [1.165, 1.54) is 35.2 Å². The number of hydrogen-bond donors (Lipinski definition) is 1. The van der Waals surface area contributed by atoms with Crippen LogP contribution in [-0.4, -0.2) is 38.3 Å². The Morgan fingerprint density at radius 3 is 2.28 bits per heavy atom. The first-order valence-electron chi connectivity index (χ1n) is 8.13. The Labute approximate surface area is 156 Å². The Kier molecular flexibility index (Phi) is 6.78. The highest BCUT2D eigenvalue weighted by molar-refractivity contribution is 8.02. The van der Waals surface area contributed by atoms with Gasteiger partial charge < -0.3 is 10.2 Å². The number of carbonyl (C=O) groups is 1. The van der Waals surface area contributed by atoms with Gasteiger partial charge in [-0.2, -0.15) is 0 Å². The van der Waals surface area contributed by atoms with Crippen molar-refractivity contribution in [1.29, 1.82) is 0 Å². The SMILES string of the molecule is CC(C)N(C(=O)[C@@H](C)Sc1nnc(Nc2ccc(F)cc2)s1)C(C)C. The number of rotatable bonds is 7. The lowest BCUT2D eigenvalue weighted by Crippen LogP contribution is -2.45. The minimum atomic E-state index is -0.286. The molecule has 0 spiro atoms. The van der Waals surface area contributed by atoms with Crippen LogP contribution in [0.25, 0.3) is 0 Å². The molecule has 1 aromatic carbocycles. The molecule has 25 heavy (non-hydrogen) atoms. The van der Waals surface area contributed by atoms with Gasteiger partial charge in [-0.15, -0.1) is 10.2 Å². The summed E-state index contributed by atoms with van der Waals surface area (Å²) in [5, 5.41) is 11.7. The number of anilines is 2. The van der Waals surface area contributed by atoms with Crippen LogP contribution < -0.4 is 5.32 Å². The second-order valence-electron chi connectivity index (χ2n) is 6.20. The number of benzene rings is 1. The molecule has 0 radical (unpaired) electrons. The molecule has 8 heteroatoms. The zero-order valence-corrected chi connectivity index (χ0v) is 16.6. The number of amides is 1. The van der Waals surface area contributed by atoms with Crippen LogP contribution in [0.1, 0.15) is 34.6 Å². The number of nitrogens with zero attached hydrogens (tertiary/aromatic N) is 3. The van der Waals surface area contributed by atoms with Gasteiger partial charge in [-0.3, -0.25) is 4.79 Å². The first-order chi connectivity index (χ1) is 11.8. The van der Waals surface area contributed by atoms with Crippen molar-refractivity contribution in [1.82, 2.24) is 15.1 Å². The van der Waals surface area contributed by atoms with E-state index >= 15 is 0 Å². The average Bonchev–Trinajstić information content (AvgIpc) is 2.95. The summed E-state index contributed by atoms with van der Waals surface area (Å²) in [4.78, 5) is 14.6. The van der Waals surface area contributed by atoms with Gasteiger partial charge in [-0.1, -0.05) is 23.1 Å². The molecule has 0 aliphatic carbocycles. The van der Waals surface area contributed by atoms with Gasteiger partial charge in [0.1, 0.15) is 5.82 Å². The molecule has 0 fully saturated rings. The summed E-state index contributed by atoms with van der Waals surface area (Å²) < 4.78 is 13.7. The van der Waals surface area contributed by atoms with E-state index in [0.29, 0.717) is 5.13 Å². The summed E-state index contributed by atoms with van der Waals surface area (Å²) in [5.74, 6) is -0.190. The van der Waals surface area contributed by atoms with Crippen LogP contribution in [0.15, 0.2) is 28.6 Å². The number of carbonyl (C=O) groups excluding carboxylic acids is 1. The number of nitrogens with one attached hydrogen (secondary N) is 1. The lowest BCUT2D eigenvalue weighted by Gasteiger charge is -2.32. The highest BCUT2D eigenvalue weighted by atomic mass is 32.2. The summed E-state index contributed by atoms with van der Waals surface area (Å²) in [6.07, 6.45) is 0. The number of halogens is 1. The van der Waals surface area contributed by atoms with Gasteiger partial charge in [0.2, 0.25) is 11.0 Å². The average molecular weight is 383 g/mol. The minimum Gasteiger partial charge on any atom is -0.337 e. The predicted octanol–water partition coefficient (Wildman–Crippen LogP) is 4.55. The normalized spacial score (nSPS) is 12.5. The van der Waals surface area contributed by atoms with Crippen molar-refractivity contribution in [3.8, 4) is 0 Å². The fourth-order valence-electron chi connectivity index (χ4n) is 2.48. The molecular weight excluding hydrogens is 359 g/mol. The molecule has 2 rings (SSSR count). The van der Waals surface area contributed by atoms with E-state index in [-0.39, 0.29) is 29.1 Å². The zero-order chi connectivity index (χ0) is 18.6. The first-order valence-corrected chi connectivity index (χ1v) is 9.82. The summed E-state index contributed by atoms with van der Waals surface area (Å²) in [7, 11) is 0. The molecule has 0 aliphatic heterocycles. The molecule has 1 amide bonds. The van der Waals surface area contributed by atoms with Crippen molar-refractivity contribution < 1.29 is 9.18 Å². The minimum absolute atomic E-state index is 0.0956. The summed E-state index contributed by atoms with van der Waals surface area (Å²) >= 11 is 2.77. The standard InChI is InChI=1S/C17H23FN4OS2/c1-10(2)22(11(3)4)15(23)12(5)24-17-21-20-16(25-17)19-14-8-6-13(18)7-9-14/h6-12H,1-5H3,(H,19,20)/t12-/m1/s1. The lowest BCUT2D eigenvalue weighted by atomic mass is 10.2. The predicted molar refractivity (Wildman–Crippen MR) is 102 cm³/mol. The smallest absolute Gasteiger partial charge is 0.236 e. The van der Waals surface area contributed by atoms with E-state index in [1.54, 1.807) is 12.1 Å². The summed E-state index contributed by atoms with van der Waals surface area (Å²) in [6.45, 7) is 9.96. The van der Waals surface area contributed by atoms with E-state index in [1.807, 2.05) is 39.5 Å². The van der Waals surface area contributed by atoms with Crippen LogP contribution in [0.2, 0.25) is 0 Å². The lowest BCUT2D eigenvalue weighted by molar-refractivity contribution is -0.133. The van der Waals surface area contributed by atoms with Crippen LogP contribution in [-0.2, 0) is 4.79 Å². The maximum atomic E-state index is 12.9. The van der Waals surface area contributed by atoms with Crippen LogP contribution in [0.3, 0.4) is 0 Å². The summed E-state index contributed by atoms with van der Waals surface area (Å²) in [6, 6.07) is 6.34. The van der Waals surface area contributed by atoms with Crippen molar-refractivity contribution >= 4 is 39.8 Å². The Morgan fingerprint density at radius 1 is 1.12 bits per heavy atom. The fraction of sp³-hybridized carbons (Fsp3) is 0.471. The number of hydrogen-bond acceptors (Lipinski definition) is 6. The van der Waals surface area contributed by atoms with Gasteiger partial charge in [0, 0.05) is 17.8 Å². The number of aromatic nitrogens is 2. The van der Waals surface area contributed by atoms with Crippen molar-refractivity contribution in [2.24, 2.45) is 0 Å². The molecule has 5 nitrogen and oxygen atoms in total. The molecule has 0 saturated heterocycles. The maximum absolute atomic E-state index is 12.9. The Hall–Kier alpha value is -1.67. The molecule has 1 aromatic heterocycles. The molecule has 0 aliphatic rings. The second kappa shape index (κ2) is 8.62. The molecule has 2 aromatic rings. The summed E-state index contributed by atoms with van der Waals surface area (Å²) in [5.41, 5.74) is 0.740. The second-order valence-corrected chi connectivity index (χ2v) is 8.76. The van der Waals surface area contributed by atoms with Crippen LogP contribution >= 0.6 is 23.1 Å². The van der Waals surface area contributed by atoms with E-state index in [0.717, 1.165) is 10.0 Å². The van der Waals surface area contributed by atoms with Crippen molar-refractivity contribution in [3.05, 3.63) is 30.1 Å². The van der Waals surface area contributed by atoms with Gasteiger partial charge in [0.15, 0.2) is 4.34 Å². The van der Waals surface area contributed by atoms with Gasteiger partial charge >= 0.3 is 0 Å². The molecule has 1 atom stereocenters. The van der Waals surface area contributed by atoms with Crippen LogP contribution in [0.5, 0.6) is 0 Å². The van der Waals surface area contributed by atoms with Gasteiger partial charge in [-0.25, -0.2) is 4.39 Å². The quantitative estimate of drug-likeness (QED) is 0.712. The monoisotopic (exact) mass is 382 g/mol. The Balaban J connectivity index is 2.00. The maximum Gasteiger partial charge on any atom is 0.236 e. The molecule has 1 heterocycles. The van der Waals surface area contributed by atoms with Crippen molar-refractivity contribution in [2.45, 2.75) is 56.3 Å². The van der Waals surface area contributed by atoms with Crippen molar-refractivity contribution in [3.63, 3.8) is 0 Å². The topological polar surface area (TPSA) is 58.1 Å². The highest BCUT2D eigenvalue weighted by Gasteiger charge is 2.26. The molecular formula is C17H23FN4OS2. The molecule has 0 bridgehead atoms. The fourth-order valence-corrected chi connectivity index (χ4v) is 4.45. The van der Waals surface area contributed by atoms with Gasteiger partial charge in [-0.05, 0) is 58.9 Å². The molecule has 0 saturated carbocycles. The molecule has 0 unspecified atom stereocenters. The van der Waals surface area contributed by atoms with E-state index in [2.05, 4.69) is 15.5 Å². The van der Waals surface area contributed by atoms with Crippen LogP contribution in [0.4, 0.5) is 15.2 Å². The highest BCUT2D eigenvalue weighted by Crippen LogP contribution is 2.31. The number of thioether (sulfide) groups is 1. The van der Waals surface area contributed by atoms with E-state index in [9.17, 15) is 9.18 Å². The first kappa shape index (κ1) is 19.7. The molecule has 1 N–H and O–H groups in total. The van der Waals surface area contributed by atoms with Gasteiger partial charge in [0.25, 0.3) is 0 Å². The van der Waals surface area contributed by atoms with Crippen molar-refractivity contribution in [2.75, 3.05) is 5.32 Å².